The number of amides is 1. The van der Waals surface area contributed by atoms with Crippen LogP contribution in [-0.4, -0.2) is 12.4 Å². The van der Waals surface area contributed by atoms with E-state index in [2.05, 4.69) is 4.74 Å². The Morgan fingerprint density at radius 3 is 2.52 bits per heavy atom. The predicted molar refractivity (Wildman–Crippen MR) is 71.6 cm³/mol. The maximum atomic E-state index is 14.2. The first-order valence-corrected chi connectivity index (χ1v) is 5.98. The molecule has 0 heterocycles. The Labute approximate surface area is 119 Å². The molecule has 0 aliphatic carbocycles. The maximum Gasteiger partial charge on any atom is 0.404 e. The highest BCUT2D eigenvalue weighted by molar-refractivity contribution is 5.81. The van der Waals surface area contributed by atoms with Crippen molar-refractivity contribution in [2.75, 3.05) is 0 Å². The number of nitrogens with two attached hydrogens (primary N) is 1. The number of halogens is 2. The van der Waals surface area contributed by atoms with Crippen molar-refractivity contribution in [3.63, 3.8) is 0 Å². The zero-order valence-electron chi connectivity index (χ0n) is 10.8. The van der Waals surface area contributed by atoms with Gasteiger partial charge >= 0.3 is 6.09 Å². The molecule has 2 rings (SSSR count). The van der Waals surface area contributed by atoms with E-state index in [4.69, 9.17) is 5.73 Å². The van der Waals surface area contributed by atoms with Crippen LogP contribution in [0, 0.1) is 11.6 Å². The number of aldehydes is 1. The maximum absolute atomic E-state index is 14.2. The summed E-state index contributed by atoms with van der Waals surface area (Å²) >= 11 is 0. The molecule has 0 aromatic heterocycles. The van der Waals surface area contributed by atoms with Gasteiger partial charge in [0.25, 0.3) is 0 Å². The quantitative estimate of drug-likeness (QED) is 0.880. The summed E-state index contributed by atoms with van der Waals surface area (Å²) in [5.74, 6) is -1.89. The third kappa shape index (κ3) is 3.05. The first-order chi connectivity index (χ1) is 10.0. The lowest BCUT2D eigenvalue weighted by Gasteiger charge is -2.11. The second-order valence-electron chi connectivity index (χ2n) is 4.21. The molecular weight excluding hydrogens is 280 g/mol. The van der Waals surface area contributed by atoms with Crippen LogP contribution in [0.5, 0.6) is 0 Å². The van der Waals surface area contributed by atoms with Gasteiger partial charge in [-0.05, 0) is 23.3 Å². The van der Waals surface area contributed by atoms with E-state index in [1.165, 1.54) is 6.07 Å². The summed E-state index contributed by atoms with van der Waals surface area (Å²) in [6.45, 7) is -0.154. The molecule has 0 atom stereocenters. The van der Waals surface area contributed by atoms with Crippen LogP contribution in [0.1, 0.15) is 15.9 Å². The van der Waals surface area contributed by atoms with Crippen molar-refractivity contribution in [1.29, 1.82) is 0 Å². The Balaban J connectivity index is 2.52. The molecule has 0 aliphatic heterocycles. The molecule has 0 fully saturated rings. The van der Waals surface area contributed by atoms with Crippen molar-refractivity contribution in [2.45, 2.75) is 6.61 Å². The number of rotatable bonds is 4. The Morgan fingerprint density at radius 2 is 1.86 bits per heavy atom. The molecule has 0 unspecified atom stereocenters. The van der Waals surface area contributed by atoms with Crippen LogP contribution in [-0.2, 0) is 11.3 Å². The van der Waals surface area contributed by atoms with Crippen molar-refractivity contribution < 1.29 is 23.1 Å². The van der Waals surface area contributed by atoms with Crippen molar-refractivity contribution >= 4 is 12.4 Å². The van der Waals surface area contributed by atoms with Gasteiger partial charge in [0.05, 0.1) is 5.56 Å². The Bertz CT molecular complexity index is 701. The number of primary amides is 1. The van der Waals surface area contributed by atoms with Crippen LogP contribution in [0.15, 0.2) is 36.4 Å². The monoisotopic (exact) mass is 291 g/mol. The molecule has 0 aliphatic rings. The number of carbonyl (C=O) groups excluding carboxylic acids is 2. The van der Waals surface area contributed by atoms with Gasteiger partial charge in [0.2, 0.25) is 0 Å². The van der Waals surface area contributed by atoms with Crippen LogP contribution in [0.2, 0.25) is 0 Å². The zero-order valence-corrected chi connectivity index (χ0v) is 10.8. The fourth-order valence-electron chi connectivity index (χ4n) is 1.94. The van der Waals surface area contributed by atoms with Crippen LogP contribution in [0.3, 0.4) is 0 Å². The summed E-state index contributed by atoms with van der Waals surface area (Å²) in [6, 6.07) is 8.73. The van der Waals surface area contributed by atoms with Crippen molar-refractivity contribution in [2.24, 2.45) is 5.73 Å². The van der Waals surface area contributed by atoms with Gasteiger partial charge in [-0.1, -0.05) is 24.3 Å². The lowest BCUT2D eigenvalue weighted by molar-refractivity contribution is 0.111. The van der Waals surface area contributed by atoms with Crippen molar-refractivity contribution in [1.82, 2.24) is 0 Å². The van der Waals surface area contributed by atoms with E-state index in [0.717, 1.165) is 6.07 Å². The smallest absolute Gasteiger partial charge is 0.404 e. The SMILES string of the molecule is NC(=O)OCc1ccccc1-c1ccc(F)c(C=O)c1F. The summed E-state index contributed by atoms with van der Waals surface area (Å²) in [6.07, 6.45) is -0.839. The molecule has 0 saturated heterocycles. The van der Waals surface area contributed by atoms with Gasteiger partial charge in [-0.3, -0.25) is 4.79 Å². The van der Waals surface area contributed by atoms with E-state index < -0.39 is 23.3 Å². The van der Waals surface area contributed by atoms with Crippen LogP contribution >= 0.6 is 0 Å². The number of ether oxygens (including phenoxy) is 1. The van der Waals surface area contributed by atoms with E-state index in [0.29, 0.717) is 11.1 Å². The fourth-order valence-corrected chi connectivity index (χ4v) is 1.94. The first kappa shape index (κ1) is 14.6. The summed E-state index contributed by atoms with van der Waals surface area (Å²) in [4.78, 5) is 21.4. The van der Waals surface area contributed by atoms with Crippen molar-refractivity contribution in [3.05, 3.63) is 59.2 Å². The Morgan fingerprint density at radius 1 is 1.14 bits per heavy atom. The highest BCUT2D eigenvalue weighted by atomic mass is 19.1. The molecule has 21 heavy (non-hydrogen) atoms. The van der Waals surface area contributed by atoms with Gasteiger partial charge in [0, 0.05) is 5.56 Å². The molecule has 0 bridgehead atoms. The lowest BCUT2D eigenvalue weighted by atomic mass is 9.97. The second-order valence-corrected chi connectivity index (χ2v) is 4.21. The second kappa shape index (κ2) is 6.13. The molecule has 2 aromatic rings. The van der Waals surface area contributed by atoms with Gasteiger partial charge in [-0.25, -0.2) is 13.6 Å². The normalized spacial score (nSPS) is 10.2. The highest BCUT2D eigenvalue weighted by Gasteiger charge is 2.16. The first-order valence-electron chi connectivity index (χ1n) is 5.98. The van der Waals surface area contributed by atoms with Gasteiger partial charge in [0.15, 0.2) is 6.29 Å². The van der Waals surface area contributed by atoms with Crippen molar-refractivity contribution in [3.8, 4) is 11.1 Å². The van der Waals surface area contributed by atoms with E-state index in [9.17, 15) is 18.4 Å². The average Bonchev–Trinajstić information content (AvgIpc) is 2.46. The number of hydrogen-bond donors (Lipinski definition) is 1. The van der Waals surface area contributed by atoms with Crippen LogP contribution < -0.4 is 5.73 Å². The molecule has 2 aromatic carbocycles. The summed E-state index contributed by atoms with van der Waals surface area (Å²) in [7, 11) is 0. The summed E-state index contributed by atoms with van der Waals surface area (Å²) < 4.78 is 32.2. The molecule has 0 spiro atoms. The standard InChI is InChI=1S/C15H11F2NO3/c16-13-6-5-11(14(17)12(13)7-19)10-4-2-1-3-9(10)8-21-15(18)20/h1-7H,8H2,(H2,18,20). The summed E-state index contributed by atoms with van der Waals surface area (Å²) in [5, 5.41) is 0. The minimum atomic E-state index is -0.962. The summed E-state index contributed by atoms with van der Waals surface area (Å²) in [5.41, 5.74) is 5.17. The molecule has 4 nitrogen and oxygen atoms in total. The van der Waals surface area contributed by atoms with E-state index in [1.807, 2.05) is 0 Å². The van der Waals surface area contributed by atoms with Crippen LogP contribution in [0.25, 0.3) is 11.1 Å². The van der Waals surface area contributed by atoms with E-state index in [-0.39, 0.29) is 18.5 Å². The van der Waals surface area contributed by atoms with Gasteiger partial charge in [0.1, 0.15) is 18.2 Å². The highest BCUT2D eigenvalue weighted by Crippen LogP contribution is 2.29. The van der Waals surface area contributed by atoms with E-state index >= 15 is 0 Å². The topological polar surface area (TPSA) is 69.4 Å². The van der Waals surface area contributed by atoms with Gasteiger partial charge < -0.3 is 10.5 Å². The van der Waals surface area contributed by atoms with E-state index in [1.54, 1.807) is 24.3 Å². The molecule has 6 heteroatoms. The largest absolute Gasteiger partial charge is 0.445 e. The molecule has 2 N–H and O–H groups in total. The number of benzene rings is 2. The molecule has 108 valence electrons. The third-order valence-electron chi connectivity index (χ3n) is 2.92. The predicted octanol–water partition coefficient (Wildman–Crippen LogP) is 3.04. The third-order valence-corrected chi connectivity index (χ3v) is 2.92. The molecule has 1 amide bonds. The average molecular weight is 291 g/mol. The van der Waals surface area contributed by atoms with Gasteiger partial charge in [-0.2, -0.15) is 0 Å². The Kier molecular flexibility index (Phi) is 4.27. The van der Waals surface area contributed by atoms with Gasteiger partial charge in [-0.15, -0.1) is 0 Å². The lowest BCUT2D eigenvalue weighted by Crippen LogP contribution is -2.13. The Hall–Kier alpha value is -2.76. The molecular formula is C15H11F2NO3. The minimum Gasteiger partial charge on any atom is -0.445 e. The zero-order chi connectivity index (χ0) is 15.4. The number of hydrogen-bond acceptors (Lipinski definition) is 3. The minimum absolute atomic E-state index is 0.0437. The van der Waals surface area contributed by atoms with Crippen LogP contribution in [0.4, 0.5) is 13.6 Å². The number of carbonyl (C=O) groups is 2. The molecule has 0 radical (unpaired) electrons. The molecule has 0 saturated carbocycles. The fraction of sp³-hybridized carbons (Fsp3) is 0.0667.